The number of ether oxygens (including phenoxy) is 2. The number of hydrogen-bond donors (Lipinski definition) is 1. The molecule has 0 aliphatic rings. The normalized spacial score (nSPS) is 11.7. The average Bonchev–Trinajstić information content (AvgIpc) is 2.81. The zero-order valence-corrected chi connectivity index (χ0v) is 20.6. The van der Waals surface area contributed by atoms with Crippen LogP contribution in [-0.2, 0) is 22.6 Å². The van der Waals surface area contributed by atoms with Crippen molar-refractivity contribution in [1.82, 2.24) is 10.2 Å². The third-order valence-corrected chi connectivity index (χ3v) is 5.28. The first-order chi connectivity index (χ1) is 15.8. The molecule has 1 N–H and O–H groups in total. The molecule has 0 saturated heterocycles. The van der Waals surface area contributed by atoms with E-state index in [4.69, 9.17) is 9.47 Å². The van der Waals surface area contributed by atoms with Crippen molar-refractivity contribution in [3.8, 4) is 11.5 Å². The summed E-state index contributed by atoms with van der Waals surface area (Å²) >= 11 is 0. The Labute approximate surface area is 198 Å². The van der Waals surface area contributed by atoms with Crippen LogP contribution in [0.1, 0.15) is 52.2 Å². The Morgan fingerprint density at radius 3 is 2.21 bits per heavy atom. The van der Waals surface area contributed by atoms with Crippen LogP contribution in [0, 0.1) is 5.92 Å². The summed E-state index contributed by atoms with van der Waals surface area (Å²) < 4.78 is 11.3. The van der Waals surface area contributed by atoms with Gasteiger partial charge in [-0.3, -0.25) is 9.59 Å². The highest BCUT2D eigenvalue weighted by atomic mass is 16.5. The molecule has 0 heterocycles. The van der Waals surface area contributed by atoms with Crippen LogP contribution in [0.2, 0.25) is 0 Å². The highest BCUT2D eigenvalue weighted by Gasteiger charge is 2.26. The summed E-state index contributed by atoms with van der Waals surface area (Å²) in [6, 6.07) is 15.0. The molecular weight excluding hydrogens is 416 g/mol. The maximum absolute atomic E-state index is 13.3. The van der Waals surface area contributed by atoms with Gasteiger partial charge >= 0.3 is 0 Å². The van der Waals surface area contributed by atoms with Crippen LogP contribution < -0.4 is 14.8 Å². The molecule has 180 valence electrons. The number of carbonyl (C=O) groups is 2. The van der Waals surface area contributed by atoms with Crippen LogP contribution in [0.5, 0.6) is 11.5 Å². The van der Waals surface area contributed by atoms with Gasteiger partial charge in [-0.05, 0) is 56.4 Å². The summed E-state index contributed by atoms with van der Waals surface area (Å²) in [6.45, 7) is 11.8. The number of hydrogen-bond acceptors (Lipinski definition) is 4. The van der Waals surface area contributed by atoms with Crippen molar-refractivity contribution in [2.24, 2.45) is 5.92 Å². The molecule has 6 nitrogen and oxygen atoms in total. The molecule has 1 unspecified atom stereocenters. The Balaban J connectivity index is 2.13. The van der Waals surface area contributed by atoms with E-state index in [0.29, 0.717) is 56.6 Å². The van der Waals surface area contributed by atoms with Crippen LogP contribution in [-0.4, -0.2) is 42.5 Å². The van der Waals surface area contributed by atoms with Gasteiger partial charge in [0.25, 0.3) is 0 Å². The lowest BCUT2D eigenvalue weighted by Crippen LogP contribution is -2.48. The van der Waals surface area contributed by atoms with Crippen LogP contribution in [0.25, 0.3) is 0 Å². The summed E-state index contributed by atoms with van der Waals surface area (Å²) in [4.78, 5) is 27.7. The molecule has 2 amide bonds. The second kappa shape index (κ2) is 13.5. The van der Waals surface area contributed by atoms with Crippen molar-refractivity contribution in [3.05, 3.63) is 59.7 Å². The van der Waals surface area contributed by atoms with Crippen molar-refractivity contribution < 1.29 is 19.1 Å². The molecule has 1 atom stereocenters. The first-order valence-electron chi connectivity index (χ1n) is 11.8. The maximum Gasteiger partial charge on any atom is 0.242 e. The molecule has 0 radical (unpaired) electrons. The van der Waals surface area contributed by atoms with Gasteiger partial charge in [-0.1, -0.05) is 50.2 Å². The van der Waals surface area contributed by atoms with Gasteiger partial charge in [-0.15, -0.1) is 0 Å². The molecular formula is C27H38N2O4. The van der Waals surface area contributed by atoms with Gasteiger partial charge < -0.3 is 19.7 Å². The summed E-state index contributed by atoms with van der Waals surface area (Å²) in [5.74, 6) is 1.55. The summed E-state index contributed by atoms with van der Waals surface area (Å²) in [5, 5.41) is 2.95. The lowest BCUT2D eigenvalue weighted by molar-refractivity contribution is -0.140. The minimum absolute atomic E-state index is 0.0575. The van der Waals surface area contributed by atoms with Crippen molar-refractivity contribution >= 4 is 11.8 Å². The predicted octanol–water partition coefficient (Wildman–Crippen LogP) is 4.61. The molecule has 0 spiro atoms. The van der Waals surface area contributed by atoms with E-state index in [1.54, 1.807) is 11.8 Å². The number of benzene rings is 2. The van der Waals surface area contributed by atoms with E-state index >= 15 is 0 Å². The van der Waals surface area contributed by atoms with Crippen LogP contribution in [0.4, 0.5) is 0 Å². The number of carbonyl (C=O) groups excluding carboxylic acids is 2. The van der Waals surface area contributed by atoms with Crippen LogP contribution in [0.3, 0.4) is 0 Å². The fourth-order valence-corrected chi connectivity index (χ4v) is 3.46. The van der Waals surface area contributed by atoms with Gasteiger partial charge in [0, 0.05) is 19.5 Å². The van der Waals surface area contributed by atoms with Gasteiger partial charge in [0.2, 0.25) is 11.8 Å². The first kappa shape index (κ1) is 26.2. The second-order valence-electron chi connectivity index (χ2n) is 8.47. The summed E-state index contributed by atoms with van der Waals surface area (Å²) in [5.41, 5.74) is 1.99. The van der Waals surface area contributed by atoms with Gasteiger partial charge in [0.05, 0.1) is 13.2 Å². The molecule has 0 aliphatic heterocycles. The van der Waals surface area contributed by atoms with Crippen molar-refractivity contribution in [1.29, 1.82) is 0 Å². The molecule has 2 rings (SSSR count). The maximum atomic E-state index is 13.3. The standard InChI is InChI=1S/C27H38N2O4/c1-6-32-24-15-13-22(17-25(24)33-7-2)14-16-26(30)29(19-23-11-9-8-10-12-23)21(5)27(31)28-18-20(3)4/h8-13,15,17,20-21H,6-7,14,16,18-19H2,1-5H3,(H,28,31). The smallest absolute Gasteiger partial charge is 0.242 e. The van der Waals surface area contributed by atoms with Crippen LogP contribution >= 0.6 is 0 Å². The lowest BCUT2D eigenvalue weighted by atomic mass is 10.1. The highest BCUT2D eigenvalue weighted by molar-refractivity contribution is 5.87. The van der Waals surface area contributed by atoms with E-state index in [0.717, 1.165) is 11.1 Å². The number of aryl methyl sites for hydroxylation is 1. The molecule has 0 bridgehead atoms. The van der Waals surface area contributed by atoms with E-state index in [-0.39, 0.29) is 11.8 Å². The third-order valence-electron chi connectivity index (χ3n) is 5.28. The number of nitrogens with one attached hydrogen (secondary N) is 1. The largest absolute Gasteiger partial charge is 0.490 e. The average molecular weight is 455 g/mol. The Bertz CT molecular complexity index is 883. The monoisotopic (exact) mass is 454 g/mol. The van der Waals surface area contributed by atoms with Crippen molar-refractivity contribution in [2.45, 2.75) is 60.0 Å². The first-order valence-corrected chi connectivity index (χ1v) is 11.8. The number of rotatable bonds is 13. The van der Waals surface area contributed by atoms with Gasteiger partial charge in [-0.25, -0.2) is 0 Å². The molecule has 0 saturated carbocycles. The molecule has 2 aromatic rings. The SMILES string of the molecule is CCOc1ccc(CCC(=O)N(Cc2ccccc2)C(C)C(=O)NCC(C)C)cc1OCC. The molecule has 33 heavy (non-hydrogen) atoms. The van der Waals surface area contributed by atoms with E-state index in [1.807, 2.05) is 76.2 Å². The minimum Gasteiger partial charge on any atom is -0.490 e. The fourth-order valence-electron chi connectivity index (χ4n) is 3.46. The van der Waals surface area contributed by atoms with E-state index in [2.05, 4.69) is 5.32 Å². The number of nitrogens with zero attached hydrogens (tertiary/aromatic N) is 1. The fraction of sp³-hybridized carbons (Fsp3) is 0.481. The van der Waals surface area contributed by atoms with Crippen molar-refractivity contribution in [2.75, 3.05) is 19.8 Å². The van der Waals surface area contributed by atoms with Gasteiger partial charge in [-0.2, -0.15) is 0 Å². The molecule has 2 aromatic carbocycles. The van der Waals surface area contributed by atoms with E-state index in [9.17, 15) is 9.59 Å². The second-order valence-corrected chi connectivity index (χ2v) is 8.47. The Morgan fingerprint density at radius 1 is 0.909 bits per heavy atom. The molecule has 0 aliphatic carbocycles. The number of amides is 2. The Kier molecular flexibility index (Phi) is 10.7. The summed E-state index contributed by atoms with van der Waals surface area (Å²) in [7, 11) is 0. The van der Waals surface area contributed by atoms with Crippen molar-refractivity contribution in [3.63, 3.8) is 0 Å². The topological polar surface area (TPSA) is 67.9 Å². The van der Waals surface area contributed by atoms with E-state index < -0.39 is 6.04 Å². The Hall–Kier alpha value is -3.02. The molecule has 0 fully saturated rings. The minimum atomic E-state index is -0.559. The van der Waals surface area contributed by atoms with E-state index in [1.165, 1.54) is 0 Å². The van der Waals surface area contributed by atoms with Gasteiger partial charge in [0.15, 0.2) is 11.5 Å². The quantitative estimate of drug-likeness (QED) is 0.480. The summed E-state index contributed by atoms with van der Waals surface area (Å²) in [6.07, 6.45) is 0.852. The molecule has 0 aromatic heterocycles. The predicted molar refractivity (Wildman–Crippen MR) is 131 cm³/mol. The third kappa shape index (κ3) is 8.44. The zero-order chi connectivity index (χ0) is 24.2. The molecule has 6 heteroatoms. The Morgan fingerprint density at radius 2 is 1.58 bits per heavy atom. The zero-order valence-electron chi connectivity index (χ0n) is 20.6. The van der Waals surface area contributed by atoms with Gasteiger partial charge in [0.1, 0.15) is 6.04 Å². The van der Waals surface area contributed by atoms with Crippen LogP contribution in [0.15, 0.2) is 48.5 Å². The highest BCUT2D eigenvalue weighted by Crippen LogP contribution is 2.29. The lowest BCUT2D eigenvalue weighted by Gasteiger charge is -2.29.